The summed E-state index contributed by atoms with van der Waals surface area (Å²) in [6, 6.07) is 9.75. The standard InChI is InChI=1S/C15H14ClFN2O/c1-9-2-5-14(13(17)6-9)19-8-11-4-3-10(15(18)20)7-12(11)16/h2-7,19H,8H2,1H3,(H2,18,20). The molecule has 0 bridgehead atoms. The number of anilines is 1. The molecule has 0 aromatic heterocycles. The Bertz CT molecular complexity index is 658. The lowest BCUT2D eigenvalue weighted by Gasteiger charge is -2.10. The molecule has 3 N–H and O–H groups in total. The predicted molar refractivity (Wildman–Crippen MR) is 78.4 cm³/mol. The lowest BCUT2D eigenvalue weighted by Crippen LogP contribution is -2.11. The van der Waals surface area contributed by atoms with Crippen LogP contribution < -0.4 is 11.1 Å². The van der Waals surface area contributed by atoms with Gasteiger partial charge in [-0.2, -0.15) is 0 Å². The van der Waals surface area contributed by atoms with Gasteiger partial charge in [0.15, 0.2) is 0 Å². The van der Waals surface area contributed by atoms with E-state index in [1.54, 1.807) is 18.2 Å². The van der Waals surface area contributed by atoms with Gasteiger partial charge in [-0.1, -0.05) is 23.7 Å². The number of nitrogens with two attached hydrogens (primary N) is 1. The van der Waals surface area contributed by atoms with Crippen LogP contribution in [-0.4, -0.2) is 5.91 Å². The second-order valence-electron chi connectivity index (χ2n) is 4.51. The van der Waals surface area contributed by atoms with Crippen molar-refractivity contribution in [3.05, 3.63) is 63.9 Å². The highest BCUT2D eigenvalue weighted by molar-refractivity contribution is 6.31. The largest absolute Gasteiger partial charge is 0.379 e. The van der Waals surface area contributed by atoms with Crippen LogP contribution in [0.5, 0.6) is 0 Å². The minimum atomic E-state index is -0.531. The lowest BCUT2D eigenvalue weighted by atomic mass is 10.1. The fraction of sp³-hybridized carbons (Fsp3) is 0.133. The molecule has 3 nitrogen and oxygen atoms in total. The molecule has 0 aliphatic heterocycles. The van der Waals surface area contributed by atoms with Crippen LogP contribution in [0.3, 0.4) is 0 Å². The van der Waals surface area contributed by atoms with E-state index < -0.39 is 5.91 Å². The Morgan fingerprint density at radius 1 is 1.30 bits per heavy atom. The van der Waals surface area contributed by atoms with Crippen molar-refractivity contribution in [2.75, 3.05) is 5.32 Å². The Morgan fingerprint density at radius 2 is 2.05 bits per heavy atom. The van der Waals surface area contributed by atoms with Gasteiger partial charge in [-0.3, -0.25) is 4.79 Å². The first-order valence-corrected chi connectivity index (χ1v) is 6.43. The van der Waals surface area contributed by atoms with E-state index in [0.29, 0.717) is 22.8 Å². The van der Waals surface area contributed by atoms with Gasteiger partial charge in [0.25, 0.3) is 0 Å². The Balaban J connectivity index is 2.13. The number of halogens is 2. The summed E-state index contributed by atoms with van der Waals surface area (Å²) >= 11 is 6.06. The van der Waals surface area contributed by atoms with Crippen LogP contribution in [-0.2, 0) is 6.54 Å². The maximum Gasteiger partial charge on any atom is 0.248 e. The van der Waals surface area contributed by atoms with E-state index >= 15 is 0 Å². The van der Waals surface area contributed by atoms with Crippen LogP contribution >= 0.6 is 11.6 Å². The first kappa shape index (κ1) is 14.3. The molecule has 2 aromatic carbocycles. The number of aryl methyl sites for hydroxylation is 1. The van der Waals surface area contributed by atoms with E-state index in [0.717, 1.165) is 11.1 Å². The average Bonchev–Trinajstić information content (AvgIpc) is 2.38. The highest BCUT2D eigenvalue weighted by atomic mass is 35.5. The molecule has 20 heavy (non-hydrogen) atoms. The first-order chi connectivity index (χ1) is 9.47. The van der Waals surface area contributed by atoms with Gasteiger partial charge >= 0.3 is 0 Å². The molecule has 0 unspecified atom stereocenters. The summed E-state index contributed by atoms with van der Waals surface area (Å²) < 4.78 is 13.7. The van der Waals surface area contributed by atoms with Crippen molar-refractivity contribution < 1.29 is 9.18 Å². The number of nitrogens with one attached hydrogen (secondary N) is 1. The Morgan fingerprint density at radius 3 is 2.65 bits per heavy atom. The summed E-state index contributed by atoms with van der Waals surface area (Å²) in [5.74, 6) is -0.842. The topological polar surface area (TPSA) is 55.1 Å². The number of hydrogen-bond donors (Lipinski definition) is 2. The summed E-state index contributed by atoms with van der Waals surface area (Å²) in [6.45, 7) is 2.18. The fourth-order valence-electron chi connectivity index (χ4n) is 1.80. The number of carbonyl (C=O) groups excluding carboxylic acids is 1. The zero-order valence-electron chi connectivity index (χ0n) is 10.9. The van der Waals surface area contributed by atoms with Gasteiger partial charge in [0.05, 0.1) is 5.69 Å². The molecule has 1 amide bonds. The average molecular weight is 293 g/mol. The van der Waals surface area contributed by atoms with Gasteiger partial charge in [-0.25, -0.2) is 4.39 Å². The second-order valence-corrected chi connectivity index (χ2v) is 4.91. The van der Waals surface area contributed by atoms with Crippen molar-refractivity contribution in [3.8, 4) is 0 Å². The van der Waals surface area contributed by atoms with Crippen molar-refractivity contribution >= 4 is 23.2 Å². The number of rotatable bonds is 4. The summed E-state index contributed by atoms with van der Waals surface area (Å²) in [6.07, 6.45) is 0. The van der Waals surface area contributed by atoms with E-state index in [4.69, 9.17) is 17.3 Å². The van der Waals surface area contributed by atoms with Crippen molar-refractivity contribution in [1.29, 1.82) is 0 Å². The summed E-state index contributed by atoms with van der Waals surface area (Å²) in [5, 5.41) is 3.39. The molecular weight excluding hydrogens is 279 g/mol. The van der Waals surface area contributed by atoms with Crippen LogP contribution in [0.4, 0.5) is 10.1 Å². The van der Waals surface area contributed by atoms with Crippen LogP contribution in [0.15, 0.2) is 36.4 Å². The molecule has 0 atom stereocenters. The monoisotopic (exact) mass is 292 g/mol. The molecule has 0 spiro atoms. The molecule has 104 valence electrons. The van der Waals surface area contributed by atoms with Crippen LogP contribution in [0.25, 0.3) is 0 Å². The van der Waals surface area contributed by atoms with Crippen molar-refractivity contribution in [2.24, 2.45) is 5.73 Å². The molecule has 0 saturated carbocycles. The van der Waals surface area contributed by atoms with Gasteiger partial charge in [-0.15, -0.1) is 0 Å². The van der Waals surface area contributed by atoms with Gasteiger partial charge in [0.1, 0.15) is 5.82 Å². The minimum absolute atomic E-state index is 0.310. The van der Waals surface area contributed by atoms with Crippen LogP contribution in [0, 0.1) is 12.7 Å². The van der Waals surface area contributed by atoms with Crippen molar-refractivity contribution in [2.45, 2.75) is 13.5 Å². The fourth-order valence-corrected chi connectivity index (χ4v) is 2.05. The Labute approximate surface area is 121 Å². The molecule has 0 fully saturated rings. The summed E-state index contributed by atoms with van der Waals surface area (Å²) in [5.41, 5.74) is 7.54. The number of benzene rings is 2. The van der Waals surface area contributed by atoms with Crippen LogP contribution in [0.1, 0.15) is 21.5 Å². The molecular formula is C15H14ClFN2O. The smallest absolute Gasteiger partial charge is 0.248 e. The van der Waals surface area contributed by atoms with E-state index in [1.807, 2.05) is 13.0 Å². The normalized spacial score (nSPS) is 10.3. The number of hydrogen-bond acceptors (Lipinski definition) is 2. The lowest BCUT2D eigenvalue weighted by molar-refractivity contribution is 0.100. The zero-order valence-corrected chi connectivity index (χ0v) is 11.7. The van der Waals surface area contributed by atoms with Gasteiger partial charge in [-0.05, 0) is 42.3 Å². The van der Waals surface area contributed by atoms with E-state index in [9.17, 15) is 9.18 Å². The molecule has 2 aromatic rings. The van der Waals surface area contributed by atoms with Gasteiger partial charge < -0.3 is 11.1 Å². The Kier molecular flexibility index (Phi) is 4.25. The van der Waals surface area contributed by atoms with Gasteiger partial charge in [0.2, 0.25) is 5.91 Å². The summed E-state index contributed by atoms with van der Waals surface area (Å²) in [4.78, 5) is 11.0. The maximum absolute atomic E-state index is 13.7. The third-order valence-corrected chi connectivity index (χ3v) is 3.28. The summed E-state index contributed by atoms with van der Waals surface area (Å²) in [7, 11) is 0. The molecule has 5 heteroatoms. The quantitative estimate of drug-likeness (QED) is 0.906. The van der Waals surface area contributed by atoms with E-state index in [2.05, 4.69) is 5.32 Å². The third kappa shape index (κ3) is 3.27. The molecule has 0 heterocycles. The molecule has 0 aliphatic rings. The highest BCUT2D eigenvalue weighted by Gasteiger charge is 2.07. The molecule has 0 saturated heterocycles. The predicted octanol–water partition coefficient (Wildman–Crippen LogP) is 3.50. The third-order valence-electron chi connectivity index (χ3n) is 2.93. The SMILES string of the molecule is Cc1ccc(NCc2ccc(C(N)=O)cc2Cl)c(F)c1. The van der Waals surface area contributed by atoms with E-state index in [1.165, 1.54) is 12.1 Å². The van der Waals surface area contributed by atoms with Crippen LogP contribution in [0.2, 0.25) is 5.02 Å². The first-order valence-electron chi connectivity index (χ1n) is 6.05. The number of primary amides is 1. The maximum atomic E-state index is 13.7. The zero-order chi connectivity index (χ0) is 14.7. The second kappa shape index (κ2) is 5.92. The Hall–Kier alpha value is -2.07. The highest BCUT2D eigenvalue weighted by Crippen LogP contribution is 2.21. The van der Waals surface area contributed by atoms with Crippen molar-refractivity contribution in [3.63, 3.8) is 0 Å². The minimum Gasteiger partial charge on any atom is -0.379 e. The van der Waals surface area contributed by atoms with Crippen molar-refractivity contribution in [1.82, 2.24) is 0 Å². The van der Waals surface area contributed by atoms with E-state index in [-0.39, 0.29) is 5.82 Å². The molecule has 2 rings (SSSR count). The molecule has 0 aliphatic carbocycles. The number of amides is 1. The molecule has 0 radical (unpaired) electrons. The van der Waals surface area contributed by atoms with Gasteiger partial charge in [0, 0.05) is 17.1 Å². The number of carbonyl (C=O) groups is 1.